The zero-order valence-electron chi connectivity index (χ0n) is 16.8. The van der Waals surface area contributed by atoms with E-state index in [1.807, 2.05) is 26.0 Å². The van der Waals surface area contributed by atoms with Gasteiger partial charge < -0.3 is 9.26 Å². The molecule has 0 fully saturated rings. The number of carbonyl (C=O) groups excluding carboxylic acids is 1. The van der Waals surface area contributed by atoms with Crippen molar-refractivity contribution in [3.8, 4) is 5.75 Å². The second-order valence-corrected chi connectivity index (χ2v) is 8.13. The Bertz CT molecular complexity index is 1010. The van der Waals surface area contributed by atoms with Crippen LogP contribution in [0.25, 0.3) is 0 Å². The fourth-order valence-electron chi connectivity index (χ4n) is 3.37. The molecule has 2 aromatic heterocycles. The van der Waals surface area contributed by atoms with Crippen LogP contribution in [0.5, 0.6) is 5.75 Å². The first kappa shape index (κ1) is 19.6. The van der Waals surface area contributed by atoms with Crippen molar-refractivity contribution < 1.29 is 14.1 Å². The molecule has 0 aliphatic carbocycles. The number of aryl methyl sites for hydroxylation is 2. The molecule has 29 heavy (non-hydrogen) atoms. The summed E-state index contributed by atoms with van der Waals surface area (Å²) in [5, 5.41) is 7.52. The van der Waals surface area contributed by atoms with Crippen LogP contribution in [0.2, 0.25) is 0 Å². The number of nitrogens with zero attached hydrogens (tertiary/aromatic N) is 3. The van der Waals surface area contributed by atoms with E-state index in [2.05, 4.69) is 27.3 Å². The number of hydrogen-bond acceptors (Lipinski definition) is 7. The van der Waals surface area contributed by atoms with Gasteiger partial charge in [0.1, 0.15) is 18.1 Å². The predicted molar refractivity (Wildman–Crippen MR) is 111 cm³/mol. The Morgan fingerprint density at radius 3 is 2.93 bits per heavy atom. The number of para-hydroxylation sites is 1. The van der Waals surface area contributed by atoms with Gasteiger partial charge in [0.15, 0.2) is 5.13 Å². The van der Waals surface area contributed by atoms with Gasteiger partial charge in [-0.2, -0.15) is 0 Å². The molecule has 4 rings (SSSR count). The van der Waals surface area contributed by atoms with Crippen molar-refractivity contribution in [3.05, 3.63) is 57.4 Å². The Hall–Kier alpha value is -2.71. The number of ether oxygens (including phenoxy) is 1. The van der Waals surface area contributed by atoms with Crippen molar-refractivity contribution in [2.24, 2.45) is 0 Å². The van der Waals surface area contributed by atoms with Gasteiger partial charge in [-0.15, -0.1) is 11.3 Å². The van der Waals surface area contributed by atoms with E-state index in [1.165, 1.54) is 4.88 Å². The number of anilines is 1. The number of carbonyl (C=O) groups is 1. The van der Waals surface area contributed by atoms with E-state index in [0.717, 1.165) is 48.8 Å². The summed E-state index contributed by atoms with van der Waals surface area (Å²) >= 11 is 1.55. The largest absolute Gasteiger partial charge is 0.488 e. The molecule has 1 N–H and O–H groups in total. The van der Waals surface area contributed by atoms with Crippen molar-refractivity contribution in [1.82, 2.24) is 15.0 Å². The SMILES string of the molecule is CCN1CCc2nc(NC(=O)c3ccccc3OCc3c(C)noc3C)sc2C1. The molecule has 0 unspecified atom stereocenters. The molecule has 0 spiro atoms. The minimum Gasteiger partial charge on any atom is -0.488 e. The fourth-order valence-corrected chi connectivity index (χ4v) is 4.42. The van der Waals surface area contributed by atoms with Crippen molar-refractivity contribution >= 4 is 22.4 Å². The van der Waals surface area contributed by atoms with Crippen LogP contribution in [-0.4, -0.2) is 34.0 Å². The van der Waals surface area contributed by atoms with Crippen molar-refractivity contribution in [1.29, 1.82) is 0 Å². The summed E-state index contributed by atoms with van der Waals surface area (Å²) in [5.41, 5.74) is 3.26. The van der Waals surface area contributed by atoms with E-state index in [1.54, 1.807) is 23.5 Å². The zero-order chi connectivity index (χ0) is 20.4. The number of likely N-dealkylation sites (N-methyl/N-ethyl adjacent to an activating group) is 1. The molecule has 0 saturated carbocycles. The van der Waals surface area contributed by atoms with Gasteiger partial charge >= 0.3 is 0 Å². The highest BCUT2D eigenvalue weighted by Crippen LogP contribution is 2.29. The number of fused-ring (bicyclic) bond motifs is 1. The number of aromatic nitrogens is 2. The van der Waals surface area contributed by atoms with E-state index in [0.29, 0.717) is 23.1 Å². The summed E-state index contributed by atoms with van der Waals surface area (Å²) in [4.78, 5) is 21.1. The summed E-state index contributed by atoms with van der Waals surface area (Å²) in [6, 6.07) is 7.22. The van der Waals surface area contributed by atoms with Gasteiger partial charge in [0.25, 0.3) is 5.91 Å². The quantitative estimate of drug-likeness (QED) is 0.660. The molecule has 3 heterocycles. The molecule has 1 amide bonds. The topological polar surface area (TPSA) is 80.5 Å². The summed E-state index contributed by atoms with van der Waals surface area (Å²) in [5.74, 6) is 1.01. The summed E-state index contributed by atoms with van der Waals surface area (Å²) < 4.78 is 11.1. The van der Waals surface area contributed by atoms with E-state index >= 15 is 0 Å². The van der Waals surface area contributed by atoms with Crippen LogP contribution in [-0.2, 0) is 19.6 Å². The van der Waals surface area contributed by atoms with Crippen molar-refractivity contribution in [3.63, 3.8) is 0 Å². The summed E-state index contributed by atoms with van der Waals surface area (Å²) in [6.45, 7) is 9.11. The third kappa shape index (κ3) is 4.18. The van der Waals surface area contributed by atoms with Crippen molar-refractivity contribution in [2.45, 2.75) is 40.3 Å². The third-order valence-corrected chi connectivity index (χ3v) is 6.16. The average Bonchev–Trinajstić information content (AvgIpc) is 3.27. The predicted octanol–water partition coefficient (Wildman–Crippen LogP) is 3.96. The minimum atomic E-state index is -0.224. The molecular weight excluding hydrogens is 388 g/mol. The van der Waals surface area contributed by atoms with Gasteiger partial charge in [-0.3, -0.25) is 15.0 Å². The lowest BCUT2D eigenvalue weighted by atomic mass is 10.2. The molecule has 0 saturated heterocycles. The van der Waals surface area contributed by atoms with Crippen LogP contribution in [0.15, 0.2) is 28.8 Å². The zero-order valence-corrected chi connectivity index (χ0v) is 17.6. The molecule has 3 aromatic rings. The molecule has 1 aliphatic rings. The molecule has 8 heteroatoms. The Morgan fingerprint density at radius 1 is 1.34 bits per heavy atom. The molecule has 1 aromatic carbocycles. The number of nitrogens with one attached hydrogen (secondary N) is 1. The maximum Gasteiger partial charge on any atom is 0.261 e. The van der Waals surface area contributed by atoms with E-state index < -0.39 is 0 Å². The first-order chi connectivity index (χ1) is 14.0. The second-order valence-electron chi connectivity index (χ2n) is 7.05. The van der Waals surface area contributed by atoms with Crippen LogP contribution in [0.3, 0.4) is 0 Å². The maximum atomic E-state index is 12.9. The number of rotatable bonds is 6. The van der Waals surface area contributed by atoms with Crippen LogP contribution in [0, 0.1) is 13.8 Å². The van der Waals surface area contributed by atoms with E-state index in [4.69, 9.17) is 9.26 Å². The average molecular weight is 413 g/mol. The molecule has 0 bridgehead atoms. The first-order valence-corrected chi connectivity index (χ1v) is 10.5. The molecule has 0 atom stereocenters. The fraction of sp³-hybridized carbons (Fsp3) is 0.381. The normalized spacial score (nSPS) is 13.9. The third-order valence-electron chi connectivity index (χ3n) is 5.16. The van der Waals surface area contributed by atoms with Crippen LogP contribution in [0.1, 0.15) is 44.9 Å². The van der Waals surface area contributed by atoms with Crippen molar-refractivity contribution in [2.75, 3.05) is 18.4 Å². The number of amides is 1. The van der Waals surface area contributed by atoms with Gasteiger partial charge in [-0.25, -0.2) is 4.98 Å². The lowest BCUT2D eigenvalue weighted by molar-refractivity contribution is 0.102. The molecule has 1 aliphatic heterocycles. The van der Waals surface area contributed by atoms with Gasteiger partial charge in [0.2, 0.25) is 0 Å². The standard InChI is InChI=1S/C21H24N4O3S/c1-4-25-10-9-17-19(11-25)29-21(22-17)23-20(26)15-7-5-6-8-18(15)27-12-16-13(2)24-28-14(16)3/h5-8H,4,9-12H2,1-3H3,(H,22,23,26). The lowest BCUT2D eigenvalue weighted by Crippen LogP contribution is -2.29. The Balaban J connectivity index is 1.48. The Kier molecular flexibility index (Phi) is 5.64. The highest BCUT2D eigenvalue weighted by atomic mass is 32.1. The molecular formula is C21H24N4O3S. The summed E-state index contributed by atoms with van der Waals surface area (Å²) in [6.07, 6.45) is 0.923. The van der Waals surface area contributed by atoms with Gasteiger partial charge in [0, 0.05) is 24.4 Å². The van der Waals surface area contributed by atoms with E-state index in [9.17, 15) is 4.79 Å². The van der Waals surface area contributed by atoms with Crippen LogP contribution < -0.4 is 10.1 Å². The lowest BCUT2D eigenvalue weighted by Gasteiger charge is -2.23. The van der Waals surface area contributed by atoms with Crippen LogP contribution in [0.4, 0.5) is 5.13 Å². The number of benzene rings is 1. The second kappa shape index (κ2) is 8.34. The highest BCUT2D eigenvalue weighted by molar-refractivity contribution is 7.15. The van der Waals surface area contributed by atoms with Crippen LogP contribution >= 0.6 is 11.3 Å². The molecule has 0 radical (unpaired) electrons. The van der Waals surface area contributed by atoms with E-state index in [-0.39, 0.29) is 5.91 Å². The highest BCUT2D eigenvalue weighted by Gasteiger charge is 2.21. The van der Waals surface area contributed by atoms with Gasteiger partial charge in [-0.1, -0.05) is 24.2 Å². The number of thiazole rings is 1. The maximum absolute atomic E-state index is 12.9. The molecule has 152 valence electrons. The summed E-state index contributed by atoms with van der Waals surface area (Å²) in [7, 11) is 0. The van der Waals surface area contributed by atoms with Gasteiger partial charge in [-0.05, 0) is 32.5 Å². The minimum absolute atomic E-state index is 0.224. The number of hydrogen-bond donors (Lipinski definition) is 1. The smallest absolute Gasteiger partial charge is 0.261 e. The van der Waals surface area contributed by atoms with Gasteiger partial charge in [0.05, 0.1) is 22.5 Å². The Labute approximate surface area is 173 Å². The first-order valence-electron chi connectivity index (χ1n) is 9.71. The monoisotopic (exact) mass is 412 g/mol. The Morgan fingerprint density at radius 2 is 2.17 bits per heavy atom. The molecule has 7 nitrogen and oxygen atoms in total.